The zero-order valence-corrected chi connectivity index (χ0v) is 10.4. The van der Waals surface area contributed by atoms with Crippen molar-refractivity contribution in [3.05, 3.63) is 0 Å². The Balaban J connectivity index is 2.10. The maximum atomic E-state index is 5.91. The minimum Gasteiger partial charge on any atom is -0.328 e. The van der Waals surface area contributed by atoms with Crippen LogP contribution >= 0.6 is 0 Å². The lowest BCUT2D eigenvalue weighted by molar-refractivity contribution is 0.268. The van der Waals surface area contributed by atoms with E-state index < -0.39 is 0 Å². The number of likely N-dealkylation sites (N-methyl/N-ethyl adjacent to an activating group) is 1. The highest BCUT2D eigenvalue weighted by Gasteiger charge is 2.11. The minimum atomic E-state index is 0.416. The molecule has 15 heavy (non-hydrogen) atoms. The summed E-state index contributed by atoms with van der Waals surface area (Å²) in [6.45, 7) is 8.39. The summed E-state index contributed by atoms with van der Waals surface area (Å²) in [5.74, 6) is 0. The van der Waals surface area contributed by atoms with Gasteiger partial charge in [-0.15, -0.1) is 0 Å². The Labute approximate surface area is 94.6 Å². The van der Waals surface area contributed by atoms with E-state index in [0.717, 1.165) is 6.42 Å². The molecule has 0 aromatic rings. The van der Waals surface area contributed by atoms with Gasteiger partial charge in [0.1, 0.15) is 0 Å². The van der Waals surface area contributed by atoms with Crippen LogP contribution in [0.2, 0.25) is 0 Å². The van der Waals surface area contributed by atoms with Crippen molar-refractivity contribution in [2.45, 2.75) is 38.6 Å². The molecular weight excluding hydrogens is 186 g/mol. The fraction of sp³-hybridized carbons (Fsp3) is 1.00. The lowest BCUT2D eigenvalue weighted by Crippen LogP contribution is -2.30. The molecule has 0 saturated carbocycles. The quantitative estimate of drug-likeness (QED) is 0.743. The van der Waals surface area contributed by atoms with Gasteiger partial charge in [0.05, 0.1) is 0 Å². The molecule has 0 spiro atoms. The minimum absolute atomic E-state index is 0.416. The van der Waals surface area contributed by atoms with E-state index in [4.69, 9.17) is 5.73 Å². The standard InChI is InChI=1S/C12H27N3/c1-3-12(13)6-4-8-15-9-5-7-14(2)10-11-15/h12H,3-11,13H2,1-2H3. The molecule has 0 aliphatic carbocycles. The zero-order chi connectivity index (χ0) is 11.1. The number of rotatable bonds is 5. The van der Waals surface area contributed by atoms with E-state index in [1.54, 1.807) is 0 Å². The molecule has 1 unspecified atom stereocenters. The van der Waals surface area contributed by atoms with Crippen LogP contribution in [0.15, 0.2) is 0 Å². The summed E-state index contributed by atoms with van der Waals surface area (Å²) in [5, 5.41) is 0. The van der Waals surface area contributed by atoms with Gasteiger partial charge in [0, 0.05) is 19.1 Å². The molecular formula is C12H27N3. The average molecular weight is 213 g/mol. The number of nitrogens with zero attached hydrogens (tertiary/aromatic N) is 2. The Morgan fingerprint density at radius 1 is 1.20 bits per heavy atom. The molecule has 0 bridgehead atoms. The Bertz CT molecular complexity index is 161. The molecule has 0 radical (unpaired) electrons. The number of hydrogen-bond donors (Lipinski definition) is 1. The lowest BCUT2D eigenvalue weighted by Gasteiger charge is -2.20. The van der Waals surface area contributed by atoms with Crippen molar-refractivity contribution in [2.75, 3.05) is 39.8 Å². The third-order valence-corrected chi connectivity index (χ3v) is 3.39. The maximum Gasteiger partial charge on any atom is 0.0109 e. The second-order valence-corrected chi connectivity index (χ2v) is 4.81. The Kier molecular flexibility index (Phi) is 6.22. The van der Waals surface area contributed by atoms with E-state index >= 15 is 0 Å². The largest absolute Gasteiger partial charge is 0.328 e. The Morgan fingerprint density at radius 2 is 2.00 bits per heavy atom. The predicted octanol–water partition coefficient (Wildman–Crippen LogP) is 1.14. The van der Waals surface area contributed by atoms with E-state index in [1.165, 1.54) is 52.0 Å². The SMILES string of the molecule is CCC(N)CCCN1CCCN(C)CC1. The van der Waals surface area contributed by atoms with Crippen molar-refractivity contribution in [2.24, 2.45) is 5.73 Å². The van der Waals surface area contributed by atoms with Crippen LogP contribution in [-0.4, -0.2) is 55.6 Å². The first-order valence-electron chi connectivity index (χ1n) is 6.39. The third kappa shape index (κ3) is 5.50. The van der Waals surface area contributed by atoms with Crippen LogP contribution in [0.4, 0.5) is 0 Å². The maximum absolute atomic E-state index is 5.91. The van der Waals surface area contributed by atoms with Crippen LogP contribution in [0.1, 0.15) is 32.6 Å². The summed E-state index contributed by atoms with van der Waals surface area (Å²) in [6.07, 6.45) is 4.88. The van der Waals surface area contributed by atoms with Crippen molar-refractivity contribution < 1.29 is 0 Å². The zero-order valence-electron chi connectivity index (χ0n) is 10.4. The molecule has 1 fully saturated rings. The van der Waals surface area contributed by atoms with Crippen LogP contribution in [0, 0.1) is 0 Å². The van der Waals surface area contributed by atoms with Crippen molar-refractivity contribution >= 4 is 0 Å². The summed E-state index contributed by atoms with van der Waals surface area (Å²) in [7, 11) is 2.22. The summed E-state index contributed by atoms with van der Waals surface area (Å²) in [4.78, 5) is 5.02. The smallest absolute Gasteiger partial charge is 0.0109 e. The highest BCUT2D eigenvalue weighted by molar-refractivity contribution is 4.68. The number of nitrogens with two attached hydrogens (primary N) is 1. The first-order chi connectivity index (χ1) is 7.22. The van der Waals surface area contributed by atoms with Crippen LogP contribution in [0.3, 0.4) is 0 Å². The molecule has 0 aromatic carbocycles. The molecule has 1 aliphatic rings. The third-order valence-electron chi connectivity index (χ3n) is 3.39. The first-order valence-corrected chi connectivity index (χ1v) is 6.39. The first kappa shape index (κ1) is 12.9. The summed E-state index contributed by atoms with van der Waals surface area (Å²) < 4.78 is 0. The Morgan fingerprint density at radius 3 is 2.73 bits per heavy atom. The normalized spacial score (nSPS) is 22.6. The lowest BCUT2D eigenvalue weighted by atomic mass is 10.1. The fourth-order valence-corrected chi connectivity index (χ4v) is 2.10. The average Bonchev–Trinajstić information content (AvgIpc) is 2.43. The number of hydrogen-bond acceptors (Lipinski definition) is 3. The highest BCUT2D eigenvalue weighted by atomic mass is 15.2. The van der Waals surface area contributed by atoms with Crippen molar-refractivity contribution in [1.29, 1.82) is 0 Å². The van der Waals surface area contributed by atoms with Gasteiger partial charge in [0.2, 0.25) is 0 Å². The second-order valence-electron chi connectivity index (χ2n) is 4.81. The van der Waals surface area contributed by atoms with E-state index in [2.05, 4.69) is 23.8 Å². The fourth-order valence-electron chi connectivity index (χ4n) is 2.10. The van der Waals surface area contributed by atoms with Crippen LogP contribution in [-0.2, 0) is 0 Å². The molecule has 1 heterocycles. The molecule has 3 heteroatoms. The van der Waals surface area contributed by atoms with Gasteiger partial charge in [-0.25, -0.2) is 0 Å². The molecule has 1 rings (SSSR count). The molecule has 1 saturated heterocycles. The molecule has 90 valence electrons. The molecule has 1 aliphatic heterocycles. The van der Waals surface area contributed by atoms with Crippen molar-refractivity contribution in [3.8, 4) is 0 Å². The van der Waals surface area contributed by atoms with E-state index in [9.17, 15) is 0 Å². The van der Waals surface area contributed by atoms with Gasteiger partial charge in [-0.1, -0.05) is 6.92 Å². The monoisotopic (exact) mass is 213 g/mol. The molecule has 0 aromatic heterocycles. The van der Waals surface area contributed by atoms with E-state index in [0.29, 0.717) is 6.04 Å². The molecule has 3 nitrogen and oxygen atoms in total. The van der Waals surface area contributed by atoms with Gasteiger partial charge in [-0.05, 0) is 52.4 Å². The van der Waals surface area contributed by atoms with Gasteiger partial charge < -0.3 is 15.5 Å². The van der Waals surface area contributed by atoms with Crippen LogP contribution in [0.25, 0.3) is 0 Å². The van der Waals surface area contributed by atoms with Gasteiger partial charge >= 0.3 is 0 Å². The highest BCUT2D eigenvalue weighted by Crippen LogP contribution is 2.04. The topological polar surface area (TPSA) is 32.5 Å². The molecule has 2 N–H and O–H groups in total. The molecule has 0 amide bonds. The van der Waals surface area contributed by atoms with Crippen molar-refractivity contribution in [1.82, 2.24) is 9.80 Å². The molecule has 1 atom stereocenters. The van der Waals surface area contributed by atoms with Gasteiger partial charge in [-0.2, -0.15) is 0 Å². The second kappa shape index (κ2) is 7.20. The van der Waals surface area contributed by atoms with E-state index in [-0.39, 0.29) is 0 Å². The summed E-state index contributed by atoms with van der Waals surface area (Å²) in [6, 6.07) is 0.416. The van der Waals surface area contributed by atoms with Crippen molar-refractivity contribution in [3.63, 3.8) is 0 Å². The van der Waals surface area contributed by atoms with Gasteiger partial charge in [-0.3, -0.25) is 0 Å². The van der Waals surface area contributed by atoms with E-state index in [1.807, 2.05) is 0 Å². The summed E-state index contributed by atoms with van der Waals surface area (Å²) in [5.41, 5.74) is 5.91. The summed E-state index contributed by atoms with van der Waals surface area (Å²) >= 11 is 0. The van der Waals surface area contributed by atoms with Gasteiger partial charge in [0.15, 0.2) is 0 Å². The van der Waals surface area contributed by atoms with Crippen LogP contribution in [0.5, 0.6) is 0 Å². The van der Waals surface area contributed by atoms with Crippen LogP contribution < -0.4 is 5.73 Å². The predicted molar refractivity (Wildman–Crippen MR) is 66.1 cm³/mol. The Hall–Kier alpha value is -0.120. The van der Waals surface area contributed by atoms with Gasteiger partial charge in [0.25, 0.3) is 0 Å².